The molecular formula is C18H19N3O. The van der Waals surface area contributed by atoms with Crippen LogP contribution in [0, 0.1) is 6.92 Å². The Bertz CT molecular complexity index is 887. The molecule has 4 nitrogen and oxygen atoms in total. The molecule has 4 heteroatoms. The second-order valence-corrected chi connectivity index (χ2v) is 6.60. The molecule has 0 aliphatic heterocycles. The van der Waals surface area contributed by atoms with E-state index in [2.05, 4.69) is 30.7 Å². The van der Waals surface area contributed by atoms with Crippen molar-refractivity contribution in [2.75, 3.05) is 0 Å². The highest BCUT2D eigenvalue weighted by Gasteiger charge is 2.15. The molecule has 0 aliphatic rings. The summed E-state index contributed by atoms with van der Waals surface area (Å²) in [5, 5.41) is 0. The van der Waals surface area contributed by atoms with Gasteiger partial charge in [0.25, 0.3) is 5.56 Å². The second-order valence-electron chi connectivity index (χ2n) is 6.60. The van der Waals surface area contributed by atoms with E-state index in [1.165, 1.54) is 0 Å². The lowest BCUT2D eigenvalue weighted by atomic mass is 9.91. The van der Waals surface area contributed by atoms with Gasteiger partial charge in [0.15, 0.2) is 0 Å². The van der Waals surface area contributed by atoms with Crippen molar-refractivity contribution in [3.63, 3.8) is 0 Å². The van der Waals surface area contributed by atoms with Gasteiger partial charge in [-0.05, 0) is 30.7 Å². The van der Waals surface area contributed by atoms with Gasteiger partial charge in [0.2, 0.25) is 0 Å². The zero-order valence-electron chi connectivity index (χ0n) is 13.3. The third-order valence-electron chi connectivity index (χ3n) is 3.64. The lowest BCUT2D eigenvalue weighted by molar-refractivity contribution is 0.569. The molecule has 0 aliphatic carbocycles. The van der Waals surface area contributed by atoms with Crippen LogP contribution in [0.4, 0.5) is 0 Å². The molecule has 3 aromatic heterocycles. The number of nitrogens with zero attached hydrogens (tertiary/aromatic N) is 3. The van der Waals surface area contributed by atoms with Crippen LogP contribution >= 0.6 is 0 Å². The average Bonchev–Trinajstić information content (AvgIpc) is 2.47. The Morgan fingerprint density at radius 3 is 2.50 bits per heavy atom. The van der Waals surface area contributed by atoms with E-state index in [1.54, 1.807) is 22.9 Å². The largest absolute Gasteiger partial charge is 0.269 e. The van der Waals surface area contributed by atoms with E-state index >= 15 is 0 Å². The van der Waals surface area contributed by atoms with Crippen LogP contribution in [0.2, 0.25) is 0 Å². The molecule has 3 heterocycles. The smallest absolute Gasteiger partial charge is 0.258 e. The fourth-order valence-electron chi connectivity index (χ4n) is 2.35. The summed E-state index contributed by atoms with van der Waals surface area (Å²) < 4.78 is 1.57. The summed E-state index contributed by atoms with van der Waals surface area (Å²) in [7, 11) is 0. The van der Waals surface area contributed by atoms with E-state index in [4.69, 9.17) is 0 Å². The molecule has 0 saturated carbocycles. The van der Waals surface area contributed by atoms with E-state index < -0.39 is 0 Å². The number of fused-ring (bicyclic) bond motifs is 1. The monoisotopic (exact) mass is 293 g/mol. The summed E-state index contributed by atoms with van der Waals surface area (Å²) in [5.74, 6) is 0. The maximum Gasteiger partial charge on any atom is 0.258 e. The van der Waals surface area contributed by atoms with Gasteiger partial charge >= 0.3 is 0 Å². The molecule has 0 atom stereocenters. The van der Waals surface area contributed by atoms with Crippen LogP contribution in [-0.4, -0.2) is 14.4 Å². The Hall–Kier alpha value is -2.49. The van der Waals surface area contributed by atoms with Gasteiger partial charge in [-0.3, -0.25) is 14.2 Å². The highest BCUT2D eigenvalue weighted by molar-refractivity contribution is 5.60. The molecule has 0 radical (unpaired) electrons. The van der Waals surface area contributed by atoms with Crippen LogP contribution in [0.1, 0.15) is 32.0 Å². The predicted octanol–water partition coefficient (Wildman–Crippen LogP) is 3.36. The zero-order chi connectivity index (χ0) is 15.9. The van der Waals surface area contributed by atoms with Crippen molar-refractivity contribution < 1.29 is 0 Å². The molecule has 22 heavy (non-hydrogen) atoms. The zero-order valence-corrected chi connectivity index (χ0v) is 13.3. The van der Waals surface area contributed by atoms with Gasteiger partial charge in [-0.2, -0.15) is 0 Å². The standard InChI is InChI=1S/C18H19N3O/c1-12-5-8-16-20-14(9-17(22)21(16)11-12)13-6-7-15(19-10-13)18(2,3)4/h5-11H,1-4H3. The molecule has 0 spiro atoms. The van der Waals surface area contributed by atoms with E-state index in [-0.39, 0.29) is 11.0 Å². The number of aromatic nitrogens is 3. The number of rotatable bonds is 1. The van der Waals surface area contributed by atoms with Crippen molar-refractivity contribution in [3.8, 4) is 11.3 Å². The Balaban J connectivity index is 2.11. The van der Waals surface area contributed by atoms with Crippen molar-refractivity contribution in [1.82, 2.24) is 14.4 Å². The summed E-state index contributed by atoms with van der Waals surface area (Å²) in [6.45, 7) is 8.32. The maximum absolute atomic E-state index is 12.3. The highest BCUT2D eigenvalue weighted by Crippen LogP contribution is 2.22. The molecule has 3 aromatic rings. The van der Waals surface area contributed by atoms with Crippen molar-refractivity contribution in [2.24, 2.45) is 0 Å². The minimum absolute atomic E-state index is 0.00637. The first kappa shape index (κ1) is 14.4. The molecular weight excluding hydrogens is 274 g/mol. The average molecular weight is 293 g/mol. The van der Waals surface area contributed by atoms with E-state index in [1.807, 2.05) is 31.2 Å². The van der Waals surface area contributed by atoms with Crippen LogP contribution in [0.15, 0.2) is 47.5 Å². The summed E-state index contributed by atoms with van der Waals surface area (Å²) in [6, 6.07) is 9.33. The van der Waals surface area contributed by atoms with Crippen LogP contribution in [0.5, 0.6) is 0 Å². The van der Waals surface area contributed by atoms with Gasteiger partial charge in [0.05, 0.1) is 5.69 Å². The molecule has 112 valence electrons. The normalized spacial score (nSPS) is 11.8. The van der Waals surface area contributed by atoms with Gasteiger partial charge in [-0.15, -0.1) is 0 Å². The van der Waals surface area contributed by atoms with E-state index in [0.717, 1.165) is 16.8 Å². The number of hydrogen-bond donors (Lipinski definition) is 0. The van der Waals surface area contributed by atoms with Gasteiger partial charge in [-0.1, -0.05) is 26.8 Å². The van der Waals surface area contributed by atoms with Crippen molar-refractivity contribution in [3.05, 3.63) is 64.3 Å². The number of hydrogen-bond acceptors (Lipinski definition) is 3. The first-order valence-electron chi connectivity index (χ1n) is 7.31. The summed E-state index contributed by atoms with van der Waals surface area (Å²) in [5.41, 5.74) is 4.13. The Labute approximate surface area is 129 Å². The molecule has 0 N–H and O–H groups in total. The van der Waals surface area contributed by atoms with Crippen LogP contribution in [0.3, 0.4) is 0 Å². The summed E-state index contributed by atoms with van der Waals surface area (Å²) in [6.07, 6.45) is 3.59. The molecule has 0 fully saturated rings. The van der Waals surface area contributed by atoms with Gasteiger partial charge in [-0.25, -0.2) is 4.98 Å². The molecule has 0 unspecified atom stereocenters. The topological polar surface area (TPSA) is 47.3 Å². The molecule has 3 rings (SSSR count). The lowest BCUT2D eigenvalue weighted by Gasteiger charge is -2.17. The summed E-state index contributed by atoms with van der Waals surface area (Å²) >= 11 is 0. The number of aryl methyl sites for hydroxylation is 1. The SMILES string of the molecule is Cc1ccc2nc(-c3ccc(C(C)(C)C)nc3)cc(=O)n2c1. The second kappa shape index (κ2) is 5.05. The lowest BCUT2D eigenvalue weighted by Crippen LogP contribution is -2.15. The van der Waals surface area contributed by atoms with Gasteiger partial charge in [0, 0.05) is 35.1 Å². The molecule has 0 saturated heterocycles. The maximum atomic E-state index is 12.3. The van der Waals surface area contributed by atoms with Crippen molar-refractivity contribution in [1.29, 1.82) is 0 Å². The molecule has 0 bridgehead atoms. The highest BCUT2D eigenvalue weighted by atomic mass is 16.1. The fourth-order valence-corrected chi connectivity index (χ4v) is 2.35. The fraction of sp³-hybridized carbons (Fsp3) is 0.278. The minimum atomic E-state index is -0.0800. The third-order valence-corrected chi connectivity index (χ3v) is 3.64. The van der Waals surface area contributed by atoms with Crippen LogP contribution in [0.25, 0.3) is 16.9 Å². The first-order valence-corrected chi connectivity index (χ1v) is 7.31. The van der Waals surface area contributed by atoms with Crippen molar-refractivity contribution in [2.45, 2.75) is 33.1 Å². The predicted molar refractivity (Wildman–Crippen MR) is 88.1 cm³/mol. The van der Waals surface area contributed by atoms with Crippen molar-refractivity contribution >= 4 is 5.65 Å². The Kier molecular flexibility index (Phi) is 3.32. The first-order chi connectivity index (χ1) is 10.3. The molecule has 0 amide bonds. The van der Waals surface area contributed by atoms with Gasteiger partial charge in [0.1, 0.15) is 5.65 Å². The molecule has 0 aromatic carbocycles. The van der Waals surface area contributed by atoms with E-state index in [9.17, 15) is 4.79 Å². The number of pyridine rings is 2. The van der Waals surface area contributed by atoms with Gasteiger partial charge < -0.3 is 0 Å². The van der Waals surface area contributed by atoms with E-state index in [0.29, 0.717) is 11.3 Å². The summed E-state index contributed by atoms with van der Waals surface area (Å²) in [4.78, 5) is 21.3. The third kappa shape index (κ3) is 2.64. The minimum Gasteiger partial charge on any atom is -0.269 e. The Morgan fingerprint density at radius 1 is 1.09 bits per heavy atom. The van der Waals surface area contributed by atoms with Crippen LogP contribution < -0.4 is 5.56 Å². The van der Waals surface area contributed by atoms with Crippen LogP contribution in [-0.2, 0) is 5.41 Å². The Morgan fingerprint density at radius 2 is 1.86 bits per heavy atom. The quantitative estimate of drug-likeness (QED) is 0.691.